The fourth-order valence-electron chi connectivity index (χ4n) is 1.08. The maximum Gasteiger partial charge on any atom is 0.304 e. The number of rotatable bonds is 5. The number of benzene rings is 1. The Labute approximate surface area is 113 Å². The molecule has 18 heavy (non-hydrogen) atoms. The van der Waals surface area contributed by atoms with Gasteiger partial charge in [0.1, 0.15) is 0 Å². The van der Waals surface area contributed by atoms with Crippen LogP contribution in [0.1, 0.15) is 6.42 Å². The largest absolute Gasteiger partial charge is 0.505 e. The van der Waals surface area contributed by atoms with Gasteiger partial charge in [-0.05, 0) is 12.1 Å². The highest BCUT2D eigenvalue weighted by Gasteiger charge is 2.15. The third-order valence-electron chi connectivity index (χ3n) is 1.87. The van der Waals surface area contributed by atoms with Crippen molar-refractivity contribution in [3.05, 3.63) is 22.2 Å². The second kappa shape index (κ2) is 5.64. The van der Waals surface area contributed by atoms with E-state index in [0.29, 0.717) is 0 Å². The molecule has 0 bridgehead atoms. The molecule has 0 aliphatic rings. The number of nitrogens with one attached hydrogen (secondary N) is 1. The van der Waals surface area contributed by atoms with Crippen LogP contribution in [0.5, 0.6) is 5.75 Å². The number of phenols is 1. The van der Waals surface area contributed by atoms with E-state index in [2.05, 4.69) is 4.72 Å². The molecule has 0 aliphatic heterocycles. The van der Waals surface area contributed by atoms with Crippen molar-refractivity contribution in [3.8, 4) is 5.75 Å². The van der Waals surface area contributed by atoms with Gasteiger partial charge in [0.15, 0.2) is 5.75 Å². The molecule has 0 saturated heterocycles. The molecule has 0 heterocycles. The molecular formula is C9H9Cl2NO5S. The van der Waals surface area contributed by atoms with E-state index in [-0.39, 0.29) is 21.5 Å². The highest BCUT2D eigenvalue weighted by molar-refractivity contribution is 7.92. The van der Waals surface area contributed by atoms with Crippen molar-refractivity contribution < 1.29 is 23.4 Å². The van der Waals surface area contributed by atoms with Gasteiger partial charge in [0, 0.05) is 0 Å². The van der Waals surface area contributed by atoms with Crippen molar-refractivity contribution >= 4 is 44.9 Å². The van der Waals surface area contributed by atoms with Crippen LogP contribution < -0.4 is 4.72 Å². The molecule has 0 atom stereocenters. The molecule has 0 amide bonds. The van der Waals surface area contributed by atoms with E-state index >= 15 is 0 Å². The monoisotopic (exact) mass is 313 g/mol. The summed E-state index contributed by atoms with van der Waals surface area (Å²) in [7, 11) is -3.81. The van der Waals surface area contributed by atoms with Gasteiger partial charge in [-0.15, -0.1) is 0 Å². The molecule has 3 N–H and O–H groups in total. The Morgan fingerprint density at radius 2 is 1.78 bits per heavy atom. The van der Waals surface area contributed by atoms with Gasteiger partial charge in [-0.3, -0.25) is 9.52 Å². The van der Waals surface area contributed by atoms with Gasteiger partial charge in [-0.25, -0.2) is 8.42 Å². The first kappa shape index (κ1) is 14.9. The van der Waals surface area contributed by atoms with Crippen molar-refractivity contribution in [1.82, 2.24) is 0 Å². The molecular weight excluding hydrogens is 305 g/mol. The van der Waals surface area contributed by atoms with Gasteiger partial charge in [0.2, 0.25) is 10.0 Å². The lowest BCUT2D eigenvalue weighted by atomic mass is 10.3. The van der Waals surface area contributed by atoms with Gasteiger partial charge in [0.05, 0.1) is 27.9 Å². The summed E-state index contributed by atoms with van der Waals surface area (Å²) in [6.45, 7) is 0. The normalized spacial score (nSPS) is 11.2. The maximum absolute atomic E-state index is 11.5. The lowest BCUT2D eigenvalue weighted by Gasteiger charge is -2.09. The molecule has 1 aromatic carbocycles. The van der Waals surface area contributed by atoms with E-state index in [4.69, 9.17) is 28.3 Å². The summed E-state index contributed by atoms with van der Waals surface area (Å²) >= 11 is 11.2. The Hall–Kier alpha value is -1.18. The molecule has 1 aromatic rings. The number of carboxylic acids is 1. The van der Waals surface area contributed by atoms with Crippen LogP contribution in [0.4, 0.5) is 5.69 Å². The zero-order chi connectivity index (χ0) is 13.9. The van der Waals surface area contributed by atoms with Crippen molar-refractivity contribution in [2.24, 2.45) is 0 Å². The Balaban J connectivity index is 2.88. The summed E-state index contributed by atoms with van der Waals surface area (Å²) in [4.78, 5) is 10.3. The second-order valence-electron chi connectivity index (χ2n) is 3.35. The van der Waals surface area contributed by atoms with Crippen LogP contribution in [-0.2, 0) is 14.8 Å². The first-order chi connectivity index (χ1) is 8.21. The molecule has 0 spiro atoms. The third-order valence-corrected chi connectivity index (χ3v) is 3.74. The maximum atomic E-state index is 11.5. The molecule has 1 rings (SSSR count). The SMILES string of the molecule is O=C(O)CCS(=O)(=O)Nc1cc(Cl)c(O)c(Cl)c1. The molecule has 100 valence electrons. The van der Waals surface area contributed by atoms with Gasteiger partial charge in [-0.1, -0.05) is 23.2 Å². The fraction of sp³-hybridized carbons (Fsp3) is 0.222. The number of hydrogen-bond acceptors (Lipinski definition) is 4. The van der Waals surface area contributed by atoms with E-state index in [1.54, 1.807) is 0 Å². The van der Waals surface area contributed by atoms with Gasteiger partial charge >= 0.3 is 5.97 Å². The molecule has 0 fully saturated rings. The topological polar surface area (TPSA) is 104 Å². The molecule has 9 heteroatoms. The van der Waals surface area contributed by atoms with Gasteiger partial charge in [0.25, 0.3) is 0 Å². The van der Waals surface area contributed by atoms with Crippen LogP contribution in [0.2, 0.25) is 10.0 Å². The molecule has 6 nitrogen and oxygen atoms in total. The standard InChI is InChI=1S/C9H9Cl2NO5S/c10-6-3-5(4-7(11)9(6)15)12-18(16,17)2-1-8(13)14/h3-4,12,15H,1-2H2,(H,13,14). The van der Waals surface area contributed by atoms with E-state index in [0.717, 1.165) is 0 Å². The Morgan fingerprint density at radius 3 is 2.22 bits per heavy atom. The summed E-state index contributed by atoms with van der Waals surface area (Å²) in [5.41, 5.74) is 0.0492. The van der Waals surface area contributed by atoms with Crippen molar-refractivity contribution in [3.63, 3.8) is 0 Å². The molecule has 0 unspecified atom stereocenters. The average molecular weight is 314 g/mol. The van der Waals surface area contributed by atoms with Gasteiger partial charge < -0.3 is 10.2 Å². The Morgan fingerprint density at radius 1 is 1.28 bits per heavy atom. The summed E-state index contributed by atoms with van der Waals surface area (Å²) < 4.78 is 25.1. The van der Waals surface area contributed by atoms with Crippen LogP contribution in [0.3, 0.4) is 0 Å². The van der Waals surface area contributed by atoms with Crippen LogP contribution in [0.15, 0.2) is 12.1 Å². The number of phenolic OH excluding ortho intramolecular Hbond substituents is 1. The Kier molecular flexibility index (Phi) is 4.66. The summed E-state index contributed by atoms with van der Waals surface area (Å²) in [5, 5.41) is 17.5. The summed E-state index contributed by atoms with van der Waals surface area (Å²) in [6, 6.07) is 2.34. The minimum Gasteiger partial charge on any atom is -0.505 e. The van der Waals surface area contributed by atoms with Gasteiger partial charge in [-0.2, -0.15) is 0 Å². The first-order valence-electron chi connectivity index (χ1n) is 4.61. The second-order valence-corrected chi connectivity index (χ2v) is 6.01. The van der Waals surface area contributed by atoms with Crippen molar-refractivity contribution in [1.29, 1.82) is 0 Å². The number of anilines is 1. The average Bonchev–Trinajstić information content (AvgIpc) is 2.22. The predicted molar refractivity (Wildman–Crippen MR) is 67.8 cm³/mol. The lowest BCUT2D eigenvalue weighted by Crippen LogP contribution is -2.18. The fourth-order valence-corrected chi connectivity index (χ4v) is 2.59. The number of hydrogen-bond donors (Lipinski definition) is 3. The van der Waals surface area contributed by atoms with E-state index in [1.807, 2.05) is 0 Å². The number of aromatic hydroxyl groups is 1. The van der Waals surface area contributed by atoms with Crippen LogP contribution in [-0.4, -0.2) is 30.4 Å². The van der Waals surface area contributed by atoms with Crippen LogP contribution in [0.25, 0.3) is 0 Å². The number of carboxylic acid groups (broad SMARTS) is 1. The molecule has 0 aliphatic carbocycles. The van der Waals surface area contributed by atoms with Crippen molar-refractivity contribution in [2.75, 3.05) is 10.5 Å². The minimum atomic E-state index is -3.81. The van der Waals surface area contributed by atoms with Crippen LogP contribution in [0, 0.1) is 0 Å². The van der Waals surface area contributed by atoms with E-state index < -0.39 is 28.2 Å². The third kappa shape index (κ3) is 4.25. The number of aliphatic carboxylic acids is 1. The summed E-state index contributed by atoms with van der Waals surface area (Å²) in [5.74, 6) is -2.15. The molecule has 0 aromatic heterocycles. The predicted octanol–water partition coefficient (Wildman–Crippen LogP) is 1.92. The number of sulfonamides is 1. The number of carbonyl (C=O) groups is 1. The summed E-state index contributed by atoms with van der Waals surface area (Å²) in [6.07, 6.45) is -0.519. The minimum absolute atomic E-state index is 0.0492. The van der Waals surface area contributed by atoms with E-state index in [1.165, 1.54) is 12.1 Å². The van der Waals surface area contributed by atoms with Crippen molar-refractivity contribution in [2.45, 2.75) is 6.42 Å². The highest BCUT2D eigenvalue weighted by Crippen LogP contribution is 2.34. The lowest BCUT2D eigenvalue weighted by molar-refractivity contribution is -0.136. The quantitative estimate of drug-likeness (QED) is 0.720. The smallest absolute Gasteiger partial charge is 0.304 e. The Bertz CT molecular complexity index is 549. The highest BCUT2D eigenvalue weighted by atomic mass is 35.5. The zero-order valence-electron chi connectivity index (χ0n) is 8.85. The van der Waals surface area contributed by atoms with E-state index in [9.17, 15) is 18.3 Å². The molecule has 0 saturated carbocycles. The first-order valence-corrected chi connectivity index (χ1v) is 7.02. The molecule has 0 radical (unpaired) electrons. The number of halogens is 2. The zero-order valence-corrected chi connectivity index (χ0v) is 11.2. The van der Waals surface area contributed by atoms with Crippen LogP contribution >= 0.6 is 23.2 Å².